The number of aliphatic hydroxyl groups is 2. The van der Waals surface area contributed by atoms with E-state index in [0.717, 1.165) is 7.11 Å². The number of alkyl halides is 9. The van der Waals surface area contributed by atoms with Crippen molar-refractivity contribution in [1.82, 2.24) is 0 Å². The maximum Gasteiger partial charge on any atom is 0.430 e. The molecule has 0 saturated carbocycles. The summed E-state index contributed by atoms with van der Waals surface area (Å²) in [5.41, 5.74) is -13.2. The Morgan fingerprint density at radius 1 is 0.704 bits per heavy atom. The van der Waals surface area contributed by atoms with Crippen LogP contribution in [0.5, 0.6) is 11.5 Å². The second-order valence-electron chi connectivity index (χ2n) is 5.53. The summed E-state index contributed by atoms with van der Waals surface area (Å²) in [6.45, 7) is 0.0916. The van der Waals surface area contributed by atoms with Crippen LogP contribution in [0.3, 0.4) is 0 Å². The summed E-state index contributed by atoms with van der Waals surface area (Å²) in [5.74, 6) is -2.58. The molecular weight excluding hydrogens is 403 g/mol. The van der Waals surface area contributed by atoms with Gasteiger partial charge >= 0.3 is 18.5 Å². The van der Waals surface area contributed by atoms with Crippen molar-refractivity contribution in [3.05, 3.63) is 23.3 Å². The number of ether oxygens (including phenoxy) is 2. The highest BCUT2D eigenvalue weighted by atomic mass is 19.4. The molecule has 0 amide bonds. The largest absolute Gasteiger partial charge is 0.497 e. The van der Waals surface area contributed by atoms with E-state index < -0.39 is 52.4 Å². The Balaban J connectivity index is 4.09. The van der Waals surface area contributed by atoms with E-state index >= 15 is 0 Å². The van der Waals surface area contributed by atoms with Gasteiger partial charge in [-0.05, 0) is 19.1 Å². The summed E-state index contributed by atoms with van der Waals surface area (Å²) in [6, 6.07) is 0.374. The summed E-state index contributed by atoms with van der Waals surface area (Å²) < 4.78 is 127. The van der Waals surface area contributed by atoms with Gasteiger partial charge in [-0.2, -0.15) is 39.5 Å². The fraction of sp³-hybridized carbons (Fsp3) is 0.571. The zero-order valence-corrected chi connectivity index (χ0v) is 13.8. The highest BCUT2D eigenvalue weighted by molar-refractivity contribution is 5.53. The average Bonchev–Trinajstić information content (AvgIpc) is 2.49. The number of halogens is 9. The number of methoxy groups -OCH3 is 2. The monoisotopic (exact) mass is 416 g/mol. The van der Waals surface area contributed by atoms with E-state index in [9.17, 15) is 49.7 Å². The van der Waals surface area contributed by atoms with Gasteiger partial charge in [0, 0.05) is 11.1 Å². The molecule has 0 heterocycles. The molecule has 4 nitrogen and oxygen atoms in total. The van der Waals surface area contributed by atoms with Crippen LogP contribution in [0.4, 0.5) is 39.5 Å². The van der Waals surface area contributed by atoms with E-state index in [4.69, 9.17) is 0 Å². The Kier molecular flexibility index (Phi) is 5.67. The van der Waals surface area contributed by atoms with Gasteiger partial charge in [0.15, 0.2) is 5.60 Å². The lowest BCUT2D eigenvalue weighted by atomic mass is 9.85. The minimum absolute atomic E-state index is 0.0236. The molecule has 0 aromatic heterocycles. The quantitative estimate of drug-likeness (QED) is 0.734. The second-order valence-corrected chi connectivity index (χ2v) is 5.53. The Morgan fingerprint density at radius 2 is 1.11 bits per heavy atom. The molecule has 0 spiro atoms. The van der Waals surface area contributed by atoms with Crippen molar-refractivity contribution < 1.29 is 59.2 Å². The number of hydrogen-bond acceptors (Lipinski definition) is 4. The number of benzene rings is 1. The molecule has 0 aliphatic rings. The first-order valence-corrected chi connectivity index (χ1v) is 6.78. The van der Waals surface area contributed by atoms with Crippen LogP contribution < -0.4 is 9.47 Å². The highest BCUT2D eigenvalue weighted by Gasteiger charge is 2.73. The summed E-state index contributed by atoms with van der Waals surface area (Å²) in [6.07, 6.45) is -18.3. The topological polar surface area (TPSA) is 58.9 Å². The smallest absolute Gasteiger partial charge is 0.430 e. The van der Waals surface area contributed by atoms with E-state index in [0.29, 0.717) is 13.2 Å². The van der Waals surface area contributed by atoms with E-state index in [-0.39, 0.29) is 13.0 Å². The van der Waals surface area contributed by atoms with Crippen molar-refractivity contribution in [1.29, 1.82) is 0 Å². The normalized spacial score (nSPS) is 16.1. The Hall–Kier alpha value is -1.89. The molecule has 0 bridgehead atoms. The molecule has 27 heavy (non-hydrogen) atoms. The SMILES string of the molecule is COc1cc(C(C)(O)C(F)(F)F)c(OC)c(C(O)(C(F)(F)F)C(F)(F)F)c1. The molecule has 0 fully saturated rings. The van der Waals surface area contributed by atoms with Gasteiger partial charge in [0.25, 0.3) is 5.60 Å². The summed E-state index contributed by atoms with van der Waals surface area (Å²) in [4.78, 5) is 0. The van der Waals surface area contributed by atoms with Crippen LogP contribution >= 0.6 is 0 Å². The number of rotatable bonds is 4. The first-order valence-electron chi connectivity index (χ1n) is 6.78. The summed E-state index contributed by atoms with van der Waals surface area (Å²) >= 11 is 0. The molecular formula is C14H13F9O4. The van der Waals surface area contributed by atoms with Crippen LogP contribution in [0, 0.1) is 0 Å². The third kappa shape index (κ3) is 3.61. The Morgan fingerprint density at radius 3 is 1.41 bits per heavy atom. The van der Waals surface area contributed by atoms with Crippen LogP contribution in [-0.2, 0) is 11.2 Å². The molecule has 0 saturated heterocycles. The lowest BCUT2D eigenvalue weighted by Gasteiger charge is -2.36. The van der Waals surface area contributed by atoms with Crippen molar-refractivity contribution in [3.8, 4) is 11.5 Å². The van der Waals surface area contributed by atoms with Crippen molar-refractivity contribution in [2.45, 2.75) is 36.7 Å². The van der Waals surface area contributed by atoms with Crippen LogP contribution in [0.2, 0.25) is 0 Å². The first kappa shape index (κ1) is 23.1. The number of hydrogen-bond donors (Lipinski definition) is 2. The maximum absolute atomic E-state index is 13.1. The van der Waals surface area contributed by atoms with Gasteiger partial charge in [0.05, 0.1) is 14.2 Å². The summed E-state index contributed by atoms with van der Waals surface area (Å²) in [7, 11) is 1.23. The molecule has 0 radical (unpaired) electrons. The molecule has 0 aliphatic heterocycles. The zero-order chi connectivity index (χ0) is 21.6. The van der Waals surface area contributed by atoms with E-state index in [1.807, 2.05) is 0 Å². The molecule has 1 rings (SSSR count). The summed E-state index contributed by atoms with van der Waals surface area (Å²) in [5, 5.41) is 19.3. The van der Waals surface area contributed by atoms with E-state index in [1.165, 1.54) is 0 Å². The third-order valence-corrected chi connectivity index (χ3v) is 3.79. The van der Waals surface area contributed by atoms with Crippen molar-refractivity contribution in [2.75, 3.05) is 14.2 Å². The molecule has 1 unspecified atom stereocenters. The van der Waals surface area contributed by atoms with Crippen LogP contribution in [-0.4, -0.2) is 43.0 Å². The van der Waals surface area contributed by atoms with Crippen molar-refractivity contribution in [3.63, 3.8) is 0 Å². The van der Waals surface area contributed by atoms with Crippen molar-refractivity contribution in [2.24, 2.45) is 0 Å². The second kappa shape index (κ2) is 6.62. The average molecular weight is 416 g/mol. The lowest BCUT2D eigenvalue weighted by molar-refractivity contribution is -0.376. The molecule has 1 aromatic carbocycles. The fourth-order valence-corrected chi connectivity index (χ4v) is 2.19. The molecule has 1 aromatic rings. The maximum atomic E-state index is 13.1. The molecule has 1 atom stereocenters. The Labute approximate surface area is 146 Å². The zero-order valence-electron chi connectivity index (χ0n) is 13.8. The van der Waals surface area contributed by atoms with Gasteiger partial charge in [0.2, 0.25) is 0 Å². The van der Waals surface area contributed by atoms with Crippen LogP contribution in [0.1, 0.15) is 18.1 Å². The standard InChI is InChI=1S/C14H13F9O4/c1-10(24,12(15,16)17)7-4-6(26-2)5-8(9(7)27-3)11(25,13(18,19)20)14(21,22)23/h4-5,24-25H,1-3H3. The minimum atomic E-state index is -6.40. The minimum Gasteiger partial charge on any atom is -0.497 e. The first-order chi connectivity index (χ1) is 11.9. The molecule has 0 aliphatic carbocycles. The van der Waals surface area contributed by atoms with Crippen LogP contribution in [0.15, 0.2) is 12.1 Å². The molecule has 13 heteroatoms. The van der Waals surface area contributed by atoms with E-state index in [2.05, 4.69) is 9.47 Å². The molecule has 156 valence electrons. The fourth-order valence-electron chi connectivity index (χ4n) is 2.19. The van der Waals surface area contributed by atoms with Gasteiger partial charge in [0.1, 0.15) is 11.5 Å². The third-order valence-electron chi connectivity index (χ3n) is 3.79. The Bertz CT molecular complexity index is 676. The van der Waals surface area contributed by atoms with Gasteiger partial charge in [-0.3, -0.25) is 0 Å². The highest BCUT2D eigenvalue weighted by Crippen LogP contribution is 2.55. The predicted molar refractivity (Wildman–Crippen MR) is 71.2 cm³/mol. The van der Waals surface area contributed by atoms with Crippen molar-refractivity contribution >= 4 is 0 Å². The molecule has 2 N–H and O–H groups in total. The predicted octanol–water partition coefficient (Wildman–Crippen LogP) is 3.79. The van der Waals surface area contributed by atoms with Crippen LogP contribution in [0.25, 0.3) is 0 Å². The van der Waals surface area contributed by atoms with E-state index in [1.54, 1.807) is 0 Å². The lowest BCUT2D eigenvalue weighted by Crippen LogP contribution is -2.54. The van der Waals surface area contributed by atoms with Gasteiger partial charge < -0.3 is 19.7 Å². The van der Waals surface area contributed by atoms with Gasteiger partial charge in [-0.15, -0.1) is 0 Å². The van der Waals surface area contributed by atoms with Gasteiger partial charge in [-0.1, -0.05) is 0 Å². The van der Waals surface area contributed by atoms with Gasteiger partial charge in [-0.25, -0.2) is 0 Å².